The summed E-state index contributed by atoms with van der Waals surface area (Å²) in [5, 5.41) is 9.28. The predicted octanol–water partition coefficient (Wildman–Crippen LogP) is 4.98. The number of oxazole rings is 1. The molecule has 1 unspecified atom stereocenters. The van der Waals surface area contributed by atoms with Crippen molar-refractivity contribution in [2.75, 3.05) is 0 Å². The number of nitrogens with zero attached hydrogens (tertiary/aromatic N) is 1. The summed E-state index contributed by atoms with van der Waals surface area (Å²) >= 11 is 0. The number of hydrogen-bond acceptors (Lipinski definition) is 4. The number of aliphatic hydroxyl groups excluding tert-OH is 1. The van der Waals surface area contributed by atoms with Crippen molar-refractivity contribution in [1.82, 2.24) is 4.98 Å². The van der Waals surface area contributed by atoms with E-state index in [2.05, 4.69) is 16.8 Å². The number of ether oxygens (including phenoxy) is 1. The fourth-order valence-corrected chi connectivity index (χ4v) is 2.56. The molecule has 0 spiro atoms. The number of aliphatic hydroxyl groups is 1. The Bertz CT molecular complexity index is 1040. The molecule has 0 bridgehead atoms. The van der Waals surface area contributed by atoms with Crippen LogP contribution in [-0.4, -0.2) is 16.2 Å². The van der Waals surface area contributed by atoms with E-state index in [-0.39, 0.29) is 12.5 Å². The molecule has 0 saturated heterocycles. The smallest absolute Gasteiger partial charge is 0.416 e. The van der Waals surface area contributed by atoms with Gasteiger partial charge in [0.25, 0.3) is 0 Å². The molecule has 7 heteroatoms. The number of rotatable bonds is 4. The monoisotopic (exact) mass is 401 g/mol. The highest BCUT2D eigenvalue weighted by atomic mass is 19.4. The Morgan fingerprint density at radius 1 is 1.17 bits per heavy atom. The van der Waals surface area contributed by atoms with Gasteiger partial charge in [0.2, 0.25) is 5.89 Å². The number of aryl methyl sites for hydroxylation is 1. The minimum absolute atomic E-state index is 0.122. The maximum atomic E-state index is 12.7. The molecule has 3 aromatic rings. The molecular weight excluding hydrogens is 383 g/mol. The molecule has 0 aliphatic heterocycles. The summed E-state index contributed by atoms with van der Waals surface area (Å²) < 4.78 is 49.1. The summed E-state index contributed by atoms with van der Waals surface area (Å²) in [5.74, 6) is 6.34. The van der Waals surface area contributed by atoms with E-state index in [0.29, 0.717) is 22.6 Å². The highest BCUT2D eigenvalue weighted by Crippen LogP contribution is 2.30. The molecule has 0 radical (unpaired) electrons. The second-order valence-electron chi connectivity index (χ2n) is 6.49. The second-order valence-corrected chi connectivity index (χ2v) is 6.49. The van der Waals surface area contributed by atoms with Crippen molar-refractivity contribution in [3.8, 4) is 29.0 Å². The zero-order valence-corrected chi connectivity index (χ0v) is 15.7. The van der Waals surface area contributed by atoms with E-state index in [9.17, 15) is 18.3 Å². The lowest BCUT2D eigenvalue weighted by Crippen LogP contribution is -2.04. The van der Waals surface area contributed by atoms with Crippen LogP contribution in [0.3, 0.4) is 0 Å². The number of aromatic nitrogens is 1. The summed E-state index contributed by atoms with van der Waals surface area (Å²) in [6.07, 6.45) is -3.71. The van der Waals surface area contributed by atoms with Gasteiger partial charge >= 0.3 is 6.18 Å². The normalized spacial score (nSPS) is 12.2. The Morgan fingerprint density at radius 3 is 2.55 bits per heavy atom. The molecule has 0 saturated carbocycles. The van der Waals surface area contributed by atoms with E-state index in [1.165, 1.54) is 18.4 Å². The molecule has 29 heavy (non-hydrogen) atoms. The summed E-state index contributed by atoms with van der Waals surface area (Å²) in [4.78, 5) is 4.26. The maximum Gasteiger partial charge on any atom is 0.416 e. The van der Waals surface area contributed by atoms with Crippen LogP contribution in [0.15, 0.2) is 53.1 Å². The van der Waals surface area contributed by atoms with Gasteiger partial charge in [-0.3, -0.25) is 0 Å². The van der Waals surface area contributed by atoms with Crippen LogP contribution in [0, 0.1) is 18.8 Å². The van der Waals surface area contributed by atoms with Crippen molar-refractivity contribution < 1.29 is 27.4 Å². The molecule has 4 nitrogen and oxygen atoms in total. The van der Waals surface area contributed by atoms with E-state index in [4.69, 9.17) is 9.15 Å². The second kappa shape index (κ2) is 8.41. The first-order valence-corrected chi connectivity index (χ1v) is 8.77. The average molecular weight is 401 g/mol. The fraction of sp³-hybridized carbons (Fsp3) is 0.227. The van der Waals surface area contributed by atoms with Crippen molar-refractivity contribution in [1.29, 1.82) is 0 Å². The largest absolute Gasteiger partial charge is 0.487 e. The topological polar surface area (TPSA) is 55.5 Å². The first-order chi connectivity index (χ1) is 13.7. The fourth-order valence-electron chi connectivity index (χ4n) is 2.56. The van der Waals surface area contributed by atoms with Gasteiger partial charge in [0.05, 0.1) is 5.56 Å². The molecule has 1 heterocycles. The van der Waals surface area contributed by atoms with Gasteiger partial charge in [-0.15, -0.1) is 0 Å². The van der Waals surface area contributed by atoms with Crippen LogP contribution < -0.4 is 4.74 Å². The quantitative estimate of drug-likeness (QED) is 0.627. The highest BCUT2D eigenvalue weighted by Gasteiger charge is 2.30. The summed E-state index contributed by atoms with van der Waals surface area (Å²) in [6, 6.07) is 10.1. The van der Waals surface area contributed by atoms with Gasteiger partial charge in [0.15, 0.2) is 0 Å². The van der Waals surface area contributed by atoms with Crippen molar-refractivity contribution >= 4 is 0 Å². The first kappa shape index (κ1) is 20.5. The van der Waals surface area contributed by atoms with Crippen LogP contribution in [0.2, 0.25) is 0 Å². The summed E-state index contributed by atoms with van der Waals surface area (Å²) in [5.41, 5.74) is 1.87. The van der Waals surface area contributed by atoms with Crippen LogP contribution in [0.4, 0.5) is 13.2 Å². The van der Waals surface area contributed by atoms with E-state index < -0.39 is 17.8 Å². The summed E-state index contributed by atoms with van der Waals surface area (Å²) in [6.45, 7) is 3.61. The molecule has 0 fully saturated rings. The van der Waals surface area contributed by atoms with Gasteiger partial charge in [0.1, 0.15) is 30.4 Å². The number of alkyl halides is 3. The van der Waals surface area contributed by atoms with Gasteiger partial charge in [-0.25, -0.2) is 4.98 Å². The van der Waals surface area contributed by atoms with Crippen molar-refractivity contribution in [3.05, 3.63) is 71.1 Å². The third-order valence-corrected chi connectivity index (χ3v) is 3.87. The molecule has 0 aliphatic carbocycles. The zero-order chi connectivity index (χ0) is 21.0. The molecule has 0 amide bonds. The minimum Gasteiger partial charge on any atom is -0.487 e. The van der Waals surface area contributed by atoms with Crippen LogP contribution >= 0.6 is 0 Å². The summed E-state index contributed by atoms with van der Waals surface area (Å²) in [7, 11) is 0. The molecule has 1 aromatic heterocycles. The molecule has 0 aliphatic rings. The maximum absolute atomic E-state index is 12.7. The number of benzene rings is 2. The molecule has 3 rings (SSSR count). The lowest BCUT2D eigenvalue weighted by Gasteiger charge is -2.06. The van der Waals surface area contributed by atoms with Crippen LogP contribution in [0.1, 0.15) is 29.3 Å². The van der Waals surface area contributed by atoms with Gasteiger partial charge in [-0.2, -0.15) is 13.2 Å². The van der Waals surface area contributed by atoms with Gasteiger partial charge < -0.3 is 14.3 Å². The number of hydrogen-bond donors (Lipinski definition) is 1. The Balaban J connectivity index is 1.69. The zero-order valence-electron chi connectivity index (χ0n) is 15.7. The molecule has 1 N–H and O–H groups in total. The van der Waals surface area contributed by atoms with Crippen molar-refractivity contribution in [2.45, 2.75) is 32.7 Å². The number of halogens is 3. The third kappa shape index (κ3) is 5.62. The van der Waals surface area contributed by atoms with Crippen molar-refractivity contribution in [2.24, 2.45) is 0 Å². The molecule has 150 valence electrons. The standard InChI is InChI=1S/C22H18F3NO3/c1-14-9-16(4-3-15(2)27)11-20(10-14)28-12-19-13-29-21(26-19)17-5-7-18(8-6-17)22(23,24)25/h5-11,13,15,27H,12H2,1-2H3. The van der Waals surface area contributed by atoms with Gasteiger partial charge in [-0.05, 0) is 61.9 Å². The Kier molecular flexibility index (Phi) is 5.95. The first-order valence-electron chi connectivity index (χ1n) is 8.77. The lowest BCUT2D eigenvalue weighted by atomic mass is 10.1. The molecular formula is C22H18F3NO3. The SMILES string of the molecule is Cc1cc(C#CC(C)O)cc(OCc2coc(-c3ccc(C(F)(F)F)cc3)n2)c1. The van der Waals surface area contributed by atoms with Crippen LogP contribution in [-0.2, 0) is 12.8 Å². The van der Waals surface area contributed by atoms with E-state index in [0.717, 1.165) is 17.7 Å². The van der Waals surface area contributed by atoms with Crippen LogP contribution in [0.25, 0.3) is 11.5 Å². The van der Waals surface area contributed by atoms with E-state index >= 15 is 0 Å². The van der Waals surface area contributed by atoms with E-state index in [1.54, 1.807) is 13.0 Å². The lowest BCUT2D eigenvalue weighted by molar-refractivity contribution is -0.137. The predicted molar refractivity (Wildman–Crippen MR) is 101 cm³/mol. The van der Waals surface area contributed by atoms with Gasteiger partial charge in [0, 0.05) is 11.1 Å². The Hall–Kier alpha value is -3.24. The molecule has 1 atom stereocenters. The average Bonchev–Trinajstić information content (AvgIpc) is 3.13. The molecule has 2 aromatic carbocycles. The highest BCUT2D eigenvalue weighted by molar-refractivity contribution is 5.54. The third-order valence-electron chi connectivity index (χ3n) is 3.87. The van der Waals surface area contributed by atoms with Gasteiger partial charge in [-0.1, -0.05) is 11.8 Å². The Morgan fingerprint density at radius 2 is 1.90 bits per heavy atom. The minimum atomic E-state index is -4.39. The van der Waals surface area contributed by atoms with Crippen LogP contribution in [0.5, 0.6) is 5.75 Å². The van der Waals surface area contributed by atoms with Crippen molar-refractivity contribution in [3.63, 3.8) is 0 Å². The Labute approximate surface area is 166 Å². The van der Waals surface area contributed by atoms with E-state index in [1.807, 2.05) is 19.1 Å².